The number of H-pyrrole nitrogens is 1. The Morgan fingerprint density at radius 1 is 1.24 bits per heavy atom. The summed E-state index contributed by atoms with van der Waals surface area (Å²) in [5, 5.41) is 2.66. The lowest BCUT2D eigenvalue weighted by Gasteiger charge is -2.28. The van der Waals surface area contributed by atoms with Crippen LogP contribution in [0, 0.1) is 6.92 Å². The number of hydrogen-bond donors (Lipinski definition) is 3. The summed E-state index contributed by atoms with van der Waals surface area (Å²) in [5.74, 6) is -1.90. The molecule has 11 heteroatoms. The average molecular weight is 464 g/mol. The number of methoxy groups -OCH3 is 1. The fourth-order valence-corrected chi connectivity index (χ4v) is 4.69. The normalized spacial score (nSPS) is 19.6. The molecule has 0 radical (unpaired) electrons. The van der Waals surface area contributed by atoms with Crippen LogP contribution in [0.2, 0.25) is 0 Å². The van der Waals surface area contributed by atoms with E-state index in [2.05, 4.69) is 10.3 Å². The summed E-state index contributed by atoms with van der Waals surface area (Å²) < 4.78 is 11.1. The summed E-state index contributed by atoms with van der Waals surface area (Å²) in [5.41, 5.74) is 4.25. The van der Waals surface area contributed by atoms with Crippen molar-refractivity contribution in [1.29, 1.82) is 0 Å². The number of ether oxygens (including phenoxy) is 1. The molecule has 3 aromatic rings. The van der Waals surface area contributed by atoms with Gasteiger partial charge in [-0.2, -0.15) is 0 Å². The standard InChI is InChI=1S/C23H20N4O7/c1-10-13-6-15(34-18(13)17(19(24)29)20(30)25-10)23(7-16(28)26-22(23)32)9-27-8-11-3-4-12(33-2)5-14(11)21(27)31/h3-6H,7-9H2,1-2H3,(H2,24,29)(H,25,30)(H,26,28,32)/t23-/m1/s1. The van der Waals surface area contributed by atoms with Gasteiger partial charge in [-0.1, -0.05) is 6.07 Å². The Balaban J connectivity index is 1.62. The zero-order chi connectivity index (χ0) is 24.4. The second-order valence-corrected chi connectivity index (χ2v) is 8.49. The van der Waals surface area contributed by atoms with E-state index >= 15 is 0 Å². The molecule has 2 aliphatic heterocycles. The van der Waals surface area contributed by atoms with Crippen molar-refractivity contribution in [3.05, 3.63) is 62.8 Å². The molecule has 5 rings (SSSR count). The molecule has 34 heavy (non-hydrogen) atoms. The molecule has 0 bridgehead atoms. The van der Waals surface area contributed by atoms with Crippen LogP contribution in [-0.2, 0) is 21.5 Å². The van der Waals surface area contributed by atoms with Crippen LogP contribution in [0.4, 0.5) is 0 Å². The first-order valence-corrected chi connectivity index (χ1v) is 10.4. The van der Waals surface area contributed by atoms with Crippen LogP contribution < -0.4 is 21.3 Å². The van der Waals surface area contributed by atoms with E-state index in [0.29, 0.717) is 22.4 Å². The number of aryl methyl sites for hydroxylation is 1. The molecule has 0 aliphatic carbocycles. The maximum absolute atomic E-state index is 13.1. The number of hydrogen-bond acceptors (Lipinski definition) is 7. The predicted octanol–water partition coefficient (Wildman–Crippen LogP) is 0.477. The van der Waals surface area contributed by atoms with Crippen LogP contribution in [0.25, 0.3) is 11.0 Å². The Hall–Kier alpha value is -4.41. The Morgan fingerprint density at radius 3 is 2.65 bits per heavy atom. The second-order valence-electron chi connectivity index (χ2n) is 8.49. The predicted molar refractivity (Wildman–Crippen MR) is 117 cm³/mol. The van der Waals surface area contributed by atoms with Gasteiger partial charge in [-0.05, 0) is 30.7 Å². The Bertz CT molecular complexity index is 1480. The third kappa shape index (κ3) is 3.00. The number of carbonyl (C=O) groups is 4. The molecule has 0 spiro atoms. The summed E-state index contributed by atoms with van der Waals surface area (Å²) >= 11 is 0. The molecule has 4 amide bonds. The van der Waals surface area contributed by atoms with Crippen molar-refractivity contribution >= 4 is 34.6 Å². The van der Waals surface area contributed by atoms with Gasteiger partial charge >= 0.3 is 0 Å². The highest BCUT2D eigenvalue weighted by Crippen LogP contribution is 2.39. The van der Waals surface area contributed by atoms with Crippen molar-refractivity contribution in [2.45, 2.75) is 25.3 Å². The highest BCUT2D eigenvalue weighted by molar-refractivity contribution is 6.10. The van der Waals surface area contributed by atoms with Crippen LogP contribution in [0.3, 0.4) is 0 Å². The minimum Gasteiger partial charge on any atom is -0.497 e. The largest absolute Gasteiger partial charge is 0.497 e. The van der Waals surface area contributed by atoms with E-state index in [4.69, 9.17) is 14.9 Å². The van der Waals surface area contributed by atoms with Crippen molar-refractivity contribution < 1.29 is 28.3 Å². The molecule has 1 aromatic carbocycles. The number of fused-ring (bicyclic) bond motifs is 2. The zero-order valence-corrected chi connectivity index (χ0v) is 18.3. The van der Waals surface area contributed by atoms with Crippen molar-refractivity contribution in [1.82, 2.24) is 15.2 Å². The molecular formula is C23H20N4O7. The van der Waals surface area contributed by atoms with Crippen molar-refractivity contribution in [3.8, 4) is 5.75 Å². The van der Waals surface area contributed by atoms with Gasteiger partial charge in [0.1, 0.15) is 22.5 Å². The number of amides is 4. The first kappa shape index (κ1) is 21.4. The SMILES string of the molecule is COc1ccc2c(c1)C(=O)N(C[C@@]1(c3cc4c(C)[nH]c(=O)c(C(N)=O)c4o3)CC(=O)NC1=O)C2. The van der Waals surface area contributed by atoms with Crippen LogP contribution in [0.15, 0.2) is 33.5 Å². The number of nitrogens with zero attached hydrogens (tertiary/aromatic N) is 1. The second kappa shape index (κ2) is 7.30. The number of imide groups is 1. The van der Waals surface area contributed by atoms with E-state index in [1.165, 1.54) is 18.1 Å². The van der Waals surface area contributed by atoms with Gasteiger partial charge in [-0.15, -0.1) is 0 Å². The van der Waals surface area contributed by atoms with Gasteiger partial charge in [-0.3, -0.25) is 29.3 Å². The highest BCUT2D eigenvalue weighted by atomic mass is 16.5. The third-order valence-electron chi connectivity index (χ3n) is 6.42. The van der Waals surface area contributed by atoms with Gasteiger partial charge < -0.3 is 24.8 Å². The molecular weight excluding hydrogens is 444 g/mol. The summed E-state index contributed by atoms with van der Waals surface area (Å²) in [7, 11) is 1.50. The van der Waals surface area contributed by atoms with Crippen LogP contribution in [0.1, 0.15) is 44.2 Å². The molecule has 4 N–H and O–H groups in total. The number of furan rings is 1. The van der Waals surface area contributed by atoms with E-state index in [0.717, 1.165) is 5.56 Å². The number of aromatic amines is 1. The van der Waals surface area contributed by atoms with E-state index in [9.17, 15) is 24.0 Å². The number of rotatable bonds is 5. The van der Waals surface area contributed by atoms with Gasteiger partial charge in [0.15, 0.2) is 5.58 Å². The summed E-state index contributed by atoms with van der Waals surface area (Å²) in [6.45, 7) is 1.68. The fraction of sp³-hybridized carbons (Fsp3) is 0.261. The maximum Gasteiger partial charge on any atom is 0.264 e. The lowest BCUT2D eigenvalue weighted by molar-refractivity contribution is -0.127. The monoisotopic (exact) mass is 464 g/mol. The van der Waals surface area contributed by atoms with E-state index in [1.807, 2.05) is 0 Å². The van der Waals surface area contributed by atoms with Gasteiger partial charge in [0, 0.05) is 29.7 Å². The molecule has 11 nitrogen and oxygen atoms in total. The van der Waals surface area contributed by atoms with Crippen LogP contribution >= 0.6 is 0 Å². The van der Waals surface area contributed by atoms with Crippen molar-refractivity contribution in [2.75, 3.05) is 13.7 Å². The Kier molecular flexibility index (Phi) is 4.60. The fourth-order valence-electron chi connectivity index (χ4n) is 4.69. The highest BCUT2D eigenvalue weighted by Gasteiger charge is 2.53. The smallest absolute Gasteiger partial charge is 0.264 e. The third-order valence-corrected chi connectivity index (χ3v) is 6.42. The van der Waals surface area contributed by atoms with Gasteiger partial charge in [0.25, 0.3) is 17.4 Å². The lowest BCUT2D eigenvalue weighted by atomic mass is 9.82. The first-order chi connectivity index (χ1) is 16.1. The van der Waals surface area contributed by atoms with Gasteiger partial charge in [-0.25, -0.2) is 0 Å². The molecule has 0 saturated carbocycles. The number of nitrogens with one attached hydrogen (secondary N) is 2. The number of pyridine rings is 1. The molecule has 1 atom stereocenters. The van der Waals surface area contributed by atoms with E-state index in [-0.39, 0.29) is 42.3 Å². The Labute approximate surface area is 191 Å². The summed E-state index contributed by atoms with van der Waals surface area (Å²) in [6, 6.07) is 6.64. The number of benzene rings is 1. The number of carbonyl (C=O) groups excluding carboxylic acids is 4. The molecule has 4 heterocycles. The van der Waals surface area contributed by atoms with E-state index in [1.54, 1.807) is 25.1 Å². The lowest BCUT2D eigenvalue weighted by Crippen LogP contribution is -2.46. The average Bonchev–Trinajstić information content (AvgIpc) is 3.43. The molecule has 0 unspecified atom stereocenters. The summed E-state index contributed by atoms with van der Waals surface area (Å²) in [6.07, 6.45) is -0.270. The first-order valence-electron chi connectivity index (χ1n) is 10.4. The van der Waals surface area contributed by atoms with Gasteiger partial charge in [0.2, 0.25) is 11.8 Å². The molecule has 174 valence electrons. The Morgan fingerprint density at radius 2 is 2.00 bits per heavy atom. The van der Waals surface area contributed by atoms with Gasteiger partial charge in [0.05, 0.1) is 13.5 Å². The summed E-state index contributed by atoms with van der Waals surface area (Å²) in [4.78, 5) is 66.8. The maximum atomic E-state index is 13.1. The minimum absolute atomic E-state index is 0.0526. The number of nitrogens with two attached hydrogens (primary N) is 1. The number of primary amides is 1. The van der Waals surface area contributed by atoms with Crippen molar-refractivity contribution in [2.24, 2.45) is 5.73 Å². The number of aromatic nitrogens is 1. The van der Waals surface area contributed by atoms with Crippen LogP contribution in [0.5, 0.6) is 5.75 Å². The van der Waals surface area contributed by atoms with E-state index < -0.39 is 28.7 Å². The van der Waals surface area contributed by atoms with Crippen LogP contribution in [-0.4, -0.2) is 47.2 Å². The topological polar surface area (TPSA) is 165 Å². The van der Waals surface area contributed by atoms with Crippen molar-refractivity contribution in [3.63, 3.8) is 0 Å². The molecule has 1 saturated heterocycles. The molecule has 1 fully saturated rings. The minimum atomic E-state index is -1.55. The molecule has 2 aromatic heterocycles. The quantitative estimate of drug-likeness (QED) is 0.462. The molecule has 2 aliphatic rings. The zero-order valence-electron chi connectivity index (χ0n) is 18.3.